The number of nitrogens with one attached hydrogen (secondary N) is 3. The van der Waals surface area contributed by atoms with E-state index in [1.165, 1.54) is 24.5 Å². The zero-order valence-corrected chi connectivity index (χ0v) is 16.8. The second-order valence-electron chi connectivity index (χ2n) is 7.54. The summed E-state index contributed by atoms with van der Waals surface area (Å²) in [6, 6.07) is 6.94. The normalized spacial score (nSPS) is 17.7. The Morgan fingerprint density at radius 2 is 2.06 bits per heavy atom. The van der Waals surface area contributed by atoms with Crippen molar-refractivity contribution in [3.8, 4) is 0 Å². The van der Waals surface area contributed by atoms with Gasteiger partial charge in [-0.1, -0.05) is 6.07 Å². The average Bonchev–Trinajstić information content (AvgIpc) is 3.17. The average molecular weight is 423 g/mol. The molecule has 4 aromatic rings. The van der Waals surface area contributed by atoms with Crippen molar-refractivity contribution >= 4 is 16.5 Å². The van der Waals surface area contributed by atoms with Crippen LogP contribution in [0.5, 0.6) is 0 Å². The fourth-order valence-electron chi connectivity index (χ4n) is 4.28. The Kier molecular flexibility index (Phi) is 4.51. The van der Waals surface area contributed by atoms with Crippen LogP contribution < -0.4 is 16.2 Å². The number of H-pyrrole nitrogens is 1. The second kappa shape index (κ2) is 7.24. The number of aryl methyl sites for hydroxylation is 1. The van der Waals surface area contributed by atoms with Gasteiger partial charge in [0.2, 0.25) is 0 Å². The fraction of sp³-hybridized carbons (Fsp3) is 0.238. The maximum atomic E-state index is 14.3. The molecule has 0 radical (unpaired) electrons. The molecule has 0 saturated carbocycles. The lowest BCUT2D eigenvalue weighted by molar-refractivity contribution is 0.559. The molecule has 3 heterocycles. The Labute approximate surface area is 175 Å². The van der Waals surface area contributed by atoms with Gasteiger partial charge >= 0.3 is 0 Å². The lowest BCUT2D eigenvalue weighted by atomic mass is 9.83. The Balaban J connectivity index is 1.78. The zero-order chi connectivity index (χ0) is 21.7. The van der Waals surface area contributed by atoms with Crippen LogP contribution in [-0.4, -0.2) is 32.0 Å². The minimum Gasteiger partial charge on any atom is -0.376 e. The van der Waals surface area contributed by atoms with E-state index in [0.29, 0.717) is 34.7 Å². The number of benzene rings is 2. The van der Waals surface area contributed by atoms with E-state index in [2.05, 4.69) is 30.9 Å². The van der Waals surface area contributed by atoms with Crippen molar-refractivity contribution in [2.75, 3.05) is 12.4 Å². The van der Waals surface area contributed by atoms with Crippen molar-refractivity contribution in [3.63, 3.8) is 0 Å². The first-order valence-corrected chi connectivity index (χ1v) is 9.73. The highest BCUT2D eigenvalue weighted by Gasteiger charge is 2.38. The molecule has 8 nitrogen and oxygen atoms in total. The van der Waals surface area contributed by atoms with Gasteiger partial charge in [-0.15, -0.1) is 0 Å². The van der Waals surface area contributed by atoms with E-state index in [9.17, 15) is 13.6 Å². The van der Waals surface area contributed by atoms with E-state index in [1.807, 2.05) is 0 Å². The molecular formula is C21H19F2N7O. The number of aromatic nitrogens is 5. The molecule has 0 fully saturated rings. The zero-order valence-electron chi connectivity index (χ0n) is 16.8. The van der Waals surface area contributed by atoms with Crippen molar-refractivity contribution in [2.45, 2.75) is 18.5 Å². The summed E-state index contributed by atoms with van der Waals surface area (Å²) < 4.78 is 30.2. The summed E-state index contributed by atoms with van der Waals surface area (Å²) in [7, 11) is 3.51. The third-order valence-electron chi connectivity index (χ3n) is 5.64. The molecule has 158 valence electrons. The van der Waals surface area contributed by atoms with Crippen LogP contribution >= 0.6 is 0 Å². The molecule has 0 bridgehead atoms. The van der Waals surface area contributed by atoms with E-state index in [0.717, 1.165) is 5.56 Å². The number of halogens is 2. The first-order chi connectivity index (χ1) is 15.0. The molecule has 2 aromatic heterocycles. The van der Waals surface area contributed by atoms with Gasteiger partial charge in [0.1, 0.15) is 23.8 Å². The molecule has 0 saturated heterocycles. The van der Waals surface area contributed by atoms with Crippen LogP contribution in [0.1, 0.15) is 34.6 Å². The van der Waals surface area contributed by atoms with Gasteiger partial charge in [-0.2, -0.15) is 10.2 Å². The smallest absolute Gasteiger partial charge is 0.272 e. The van der Waals surface area contributed by atoms with Gasteiger partial charge in [0.05, 0.1) is 23.0 Å². The number of rotatable bonds is 4. The largest absolute Gasteiger partial charge is 0.376 e. The highest BCUT2D eigenvalue weighted by molar-refractivity contribution is 5.97. The molecule has 0 amide bonds. The predicted octanol–water partition coefficient (Wildman–Crippen LogP) is 2.35. The highest BCUT2D eigenvalue weighted by Crippen LogP contribution is 2.46. The number of hydrogen-bond acceptors (Lipinski definition) is 6. The van der Waals surface area contributed by atoms with Crippen molar-refractivity contribution in [1.29, 1.82) is 0 Å². The Hall–Kier alpha value is -3.66. The first kappa shape index (κ1) is 19.3. The summed E-state index contributed by atoms with van der Waals surface area (Å²) in [5.41, 5.74) is 1.80. The number of anilines is 1. The Bertz CT molecular complexity index is 1360. The topological polar surface area (TPSA) is 101 Å². The van der Waals surface area contributed by atoms with E-state index in [1.54, 1.807) is 30.9 Å². The molecule has 10 heteroatoms. The van der Waals surface area contributed by atoms with E-state index < -0.39 is 23.3 Å². The van der Waals surface area contributed by atoms with Gasteiger partial charge in [-0.3, -0.25) is 9.48 Å². The fourth-order valence-corrected chi connectivity index (χ4v) is 4.28. The summed E-state index contributed by atoms with van der Waals surface area (Å²) in [4.78, 5) is 16.8. The van der Waals surface area contributed by atoms with E-state index >= 15 is 0 Å². The summed E-state index contributed by atoms with van der Waals surface area (Å²) in [6.07, 6.45) is 1.44. The van der Waals surface area contributed by atoms with Crippen molar-refractivity contribution in [3.05, 3.63) is 81.3 Å². The maximum absolute atomic E-state index is 14.3. The number of aromatic amines is 1. The monoisotopic (exact) mass is 423 g/mol. The summed E-state index contributed by atoms with van der Waals surface area (Å²) in [5.74, 6) is -0.714. The highest BCUT2D eigenvalue weighted by atomic mass is 19.1. The lowest BCUT2D eigenvalue weighted by Gasteiger charge is -2.34. The van der Waals surface area contributed by atoms with Gasteiger partial charge in [0.15, 0.2) is 0 Å². The predicted molar refractivity (Wildman–Crippen MR) is 111 cm³/mol. The van der Waals surface area contributed by atoms with Gasteiger partial charge in [-0.05, 0) is 36.9 Å². The minimum atomic E-state index is -0.538. The molecule has 0 spiro atoms. The SMILES string of the molecule is CNCc1cc([C@H]2Nc3cc(F)cc4c(=O)[nH]nc(c34)[C@@H]2c2ncnn2C)ccc1F. The van der Waals surface area contributed by atoms with Crippen molar-refractivity contribution in [2.24, 2.45) is 7.05 Å². The molecule has 0 aliphatic carbocycles. The van der Waals surface area contributed by atoms with Crippen LogP contribution in [0.2, 0.25) is 0 Å². The van der Waals surface area contributed by atoms with Crippen LogP contribution in [0.25, 0.3) is 10.8 Å². The van der Waals surface area contributed by atoms with E-state index in [-0.39, 0.29) is 11.2 Å². The molecule has 3 N–H and O–H groups in total. The second-order valence-corrected chi connectivity index (χ2v) is 7.54. The van der Waals surface area contributed by atoms with Crippen molar-refractivity contribution in [1.82, 2.24) is 30.3 Å². The third kappa shape index (κ3) is 3.07. The van der Waals surface area contributed by atoms with Crippen LogP contribution in [-0.2, 0) is 13.6 Å². The molecular weight excluding hydrogens is 404 g/mol. The number of hydrogen-bond donors (Lipinski definition) is 3. The summed E-state index contributed by atoms with van der Waals surface area (Å²) >= 11 is 0. The summed E-state index contributed by atoms with van der Waals surface area (Å²) in [6.45, 7) is 0.355. The van der Waals surface area contributed by atoms with Crippen LogP contribution in [0.3, 0.4) is 0 Å². The first-order valence-electron chi connectivity index (χ1n) is 9.73. The summed E-state index contributed by atoms with van der Waals surface area (Å²) in [5, 5.41) is 18.0. The van der Waals surface area contributed by atoms with E-state index in [4.69, 9.17) is 0 Å². The Morgan fingerprint density at radius 1 is 1.23 bits per heavy atom. The maximum Gasteiger partial charge on any atom is 0.272 e. The van der Waals surface area contributed by atoms with Crippen LogP contribution in [0.15, 0.2) is 41.5 Å². The van der Waals surface area contributed by atoms with Crippen LogP contribution in [0, 0.1) is 11.6 Å². The quantitative estimate of drug-likeness (QED) is 0.466. The molecule has 1 aliphatic heterocycles. The molecule has 2 atom stereocenters. The number of nitrogens with zero attached hydrogens (tertiary/aromatic N) is 4. The van der Waals surface area contributed by atoms with Gasteiger partial charge in [0, 0.05) is 30.2 Å². The minimum absolute atomic E-state index is 0.202. The molecule has 2 aromatic carbocycles. The molecule has 0 unspecified atom stereocenters. The van der Waals surface area contributed by atoms with Crippen molar-refractivity contribution < 1.29 is 8.78 Å². The lowest BCUT2D eigenvalue weighted by Crippen LogP contribution is -2.30. The Morgan fingerprint density at radius 3 is 2.81 bits per heavy atom. The molecule has 31 heavy (non-hydrogen) atoms. The van der Waals surface area contributed by atoms with Gasteiger partial charge in [0.25, 0.3) is 5.56 Å². The standard InChI is InChI=1S/C21H19F2N7O/c1-24-8-11-5-10(3-4-14(11)23)18-17(20-25-9-26-30(20)2)19-16-13(21(31)29-28-19)6-12(22)7-15(16)27-18/h3-7,9,17-18,24,27H,8H2,1-2H3,(H,29,31)/t17-,18-/m1/s1. The van der Waals surface area contributed by atoms with Crippen LogP contribution in [0.4, 0.5) is 14.5 Å². The molecule has 5 rings (SSSR count). The third-order valence-corrected chi connectivity index (χ3v) is 5.64. The van der Waals surface area contributed by atoms with Gasteiger partial charge in [-0.25, -0.2) is 18.9 Å². The van der Waals surface area contributed by atoms with Gasteiger partial charge < -0.3 is 10.6 Å². The molecule has 1 aliphatic rings.